The van der Waals surface area contributed by atoms with E-state index >= 15 is 0 Å². The van der Waals surface area contributed by atoms with Crippen molar-refractivity contribution in [3.63, 3.8) is 0 Å². The molecule has 5 nitrogen and oxygen atoms in total. The first-order valence-corrected chi connectivity index (χ1v) is 10.4. The second-order valence-electron chi connectivity index (χ2n) is 8.15. The first-order valence-electron chi connectivity index (χ1n) is 10.4. The molecule has 2 heterocycles. The molecule has 1 amide bonds. The van der Waals surface area contributed by atoms with Crippen LogP contribution < -0.4 is 5.73 Å². The van der Waals surface area contributed by atoms with Gasteiger partial charge in [-0.25, -0.2) is 8.78 Å². The van der Waals surface area contributed by atoms with E-state index in [0.717, 1.165) is 12.1 Å². The number of amidine groups is 1. The Morgan fingerprint density at radius 2 is 1.97 bits per heavy atom. The molecule has 1 aliphatic carbocycles. The van der Waals surface area contributed by atoms with Gasteiger partial charge in [0.1, 0.15) is 11.5 Å². The molecule has 2 unspecified atom stereocenters. The molecule has 2 atom stereocenters. The number of carbonyl (C=O) groups excluding carboxylic acids is 1. The van der Waals surface area contributed by atoms with Crippen LogP contribution in [0.1, 0.15) is 36.8 Å². The zero-order valence-electron chi connectivity index (χ0n) is 17.4. The van der Waals surface area contributed by atoms with Gasteiger partial charge >= 0.3 is 6.18 Å². The molecule has 0 bridgehead atoms. The number of rotatable bonds is 4. The van der Waals surface area contributed by atoms with E-state index in [1.54, 1.807) is 19.1 Å². The number of allylic oxidation sites excluding steroid dienone is 1. The number of nitrogens with zero attached hydrogens (tertiary/aromatic N) is 3. The summed E-state index contributed by atoms with van der Waals surface area (Å²) in [6.45, 7) is 1.70. The van der Waals surface area contributed by atoms with Gasteiger partial charge < -0.3 is 15.5 Å². The van der Waals surface area contributed by atoms with Crippen molar-refractivity contribution < 1.29 is 26.7 Å². The van der Waals surface area contributed by atoms with E-state index in [1.165, 1.54) is 9.80 Å². The SMILES string of the molecule is CCC1=C(C(F)(F)F)N2CCN(C(=O)CC(N)C3C=Cc4cc(F)c(F)cc43)CC2=NC1. The van der Waals surface area contributed by atoms with Crippen LogP contribution in [0, 0.1) is 11.6 Å². The van der Waals surface area contributed by atoms with Crippen LogP contribution in [0.3, 0.4) is 0 Å². The first kappa shape index (κ1) is 22.4. The van der Waals surface area contributed by atoms with Crippen molar-refractivity contribution in [2.24, 2.45) is 10.7 Å². The normalized spacial score (nSPS) is 21.5. The van der Waals surface area contributed by atoms with E-state index in [4.69, 9.17) is 5.73 Å². The lowest BCUT2D eigenvalue weighted by Gasteiger charge is -2.41. The topological polar surface area (TPSA) is 61.9 Å². The maximum absolute atomic E-state index is 13.7. The largest absolute Gasteiger partial charge is 0.431 e. The summed E-state index contributed by atoms with van der Waals surface area (Å²) in [7, 11) is 0. The van der Waals surface area contributed by atoms with Gasteiger partial charge in [0.15, 0.2) is 11.6 Å². The molecule has 0 spiro atoms. The Morgan fingerprint density at radius 1 is 1.25 bits per heavy atom. The Bertz CT molecular complexity index is 1030. The lowest BCUT2D eigenvalue weighted by molar-refractivity contribution is -0.132. The molecule has 32 heavy (non-hydrogen) atoms. The van der Waals surface area contributed by atoms with Crippen molar-refractivity contribution in [1.29, 1.82) is 0 Å². The quantitative estimate of drug-likeness (QED) is 0.708. The van der Waals surface area contributed by atoms with Crippen LogP contribution in [0.5, 0.6) is 0 Å². The van der Waals surface area contributed by atoms with E-state index in [9.17, 15) is 26.7 Å². The molecular weight excluding hydrogens is 431 g/mol. The highest BCUT2D eigenvalue weighted by atomic mass is 19.4. The molecule has 172 valence electrons. The molecule has 1 aromatic carbocycles. The number of alkyl halides is 3. The Morgan fingerprint density at radius 3 is 2.66 bits per heavy atom. The number of amides is 1. The predicted molar refractivity (Wildman–Crippen MR) is 110 cm³/mol. The predicted octanol–water partition coefficient (Wildman–Crippen LogP) is 3.58. The zero-order valence-corrected chi connectivity index (χ0v) is 17.4. The lowest BCUT2D eigenvalue weighted by atomic mass is 9.91. The van der Waals surface area contributed by atoms with Gasteiger partial charge in [-0.15, -0.1) is 0 Å². The van der Waals surface area contributed by atoms with Crippen LogP contribution in [0.25, 0.3) is 6.08 Å². The van der Waals surface area contributed by atoms with Crippen molar-refractivity contribution >= 4 is 17.8 Å². The van der Waals surface area contributed by atoms with Gasteiger partial charge in [0.2, 0.25) is 5.91 Å². The summed E-state index contributed by atoms with van der Waals surface area (Å²) >= 11 is 0. The third-order valence-electron chi connectivity index (χ3n) is 6.18. The third-order valence-corrected chi connectivity index (χ3v) is 6.18. The van der Waals surface area contributed by atoms with Crippen LogP contribution in [-0.4, -0.2) is 59.9 Å². The molecule has 0 saturated carbocycles. The highest BCUT2D eigenvalue weighted by Crippen LogP contribution is 2.37. The molecule has 2 aliphatic heterocycles. The third kappa shape index (κ3) is 4.03. The number of halogens is 5. The van der Waals surface area contributed by atoms with E-state index in [0.29, 0.717) is 11.1 Å². The average Bonchev–Trinajstić information content (AvgIpc) is 3.14. The van der Waals surface area contributed by atoms with Gasteiger partial charge in [0, 0.05) is 31.5 Å². The van der Waals surface area contributed by atoms with Gasteiger partial charge in [0.05, 0.1) is 13.1 Å². The van der Waals surface area contributed by atoms with Crippen LogP contribution in [0.15, 0.2) is 34.5 Å². The van der Waals surface area contributed by atoms with E-state index in [2.05, 4.69) is 4.99 Å². The summed E-state index contributed by atoms with van der Waals surface area (Å²) in [6.07, 6.45) is -0.975. The Labute approximate surface area is 182 Å². The van der Waals surface area contributed by atoms with Gasteiger partial charge in [-0.05, 0) is 35.3 Å². The Balaban J connectivity index is 1.43. The van der Waals surface area contributed by atoms with Crippen molar-refractivity contribution in [3.05, 3.63) is 52.2 Å². The van der Waals surface area contributed by atoms with Gasteiger partial charge in [0.25, 0.3) is 0 Å². The second kappa shape index (κ2) is 8.31. The number of hydrogen-bond donors (Lipinski definition) is 1. The molecule has 1 fully saturated rings. The number of nitrogens with two attached hydrogens (primary N) is 1. The van der Waals surface area contributed by atoms with Gasteiger partial charge in [-0.1, -0.05) is 19.1 Å². The molecule has 1 aromatic rings. The molecule has 1 saturated heterocycles. The smallest absolute Gasteiger partial charge is 0.333 e. The summed E-state index contributed by atoms with van der Waals surface area (Å²) in [5, 5.41) is 0. The van der Waals surface area contributed by atoms with Crippen LogP contribution in [-0.2, 0) is 4.79 Å². The van der Waals surface area contributed by atoms with E-state index < -0.39 is 35.5 Å². The first-order chi connectivity index (χ1) is 15.1. The lowest BCUT2D eigenvalue weighted by Crippen LogP contribution is -2.55. The highest BCUT2D eigenvalue weighted by Gasteiger charge is 2.44. The molecule has 10 heteroatoms. The molecule has 2 N–H and O–H groups in total. The summed E-state index contributed by atoms with van der Waals surface area (Å²) in [5.41, 5.74) is 6.81. The van der Waals surface area contributed by atoms with Crippen molar-refractivity contribution in [1.82, 2.24) is 9.80 Å². The molecular formula is C22H23F5N4O. The zero-order chi connectivity index (χ0) is 23.2. The maximum atomic E-state index is 13.7. The molecule has 4 rings (SSSR count). The van der Waals surface area contributed by atoms with Gasteiger partial charge in [-0.2, -0.15) is 13.2 Å². The van der Waals surface area contributed by atoms with Crippen molar-refractivity contribution in [2.75, 3.05) is 26.2 Å². The number of piperazine rings is 1. The van der Waals surface area contributed by atoms with E-state index in [-0.39, 0.29) is 56.3 Å². The molecule has 3 aliphatic rings. The van der Waals surface area contributed by atoms with Crippen LogP contribution >= 0.6 is 0 Å². The fraction of sp³-hybridized carbons (Fsp3) is 0.455. The van der Waals surface area contributed by atoms with Crippen molar-refractivity contribution in [3.8, 4) is 0 Å². The summed E-state index contributed by atoms with van der Waals surface area (Å²) in [5.74, 6) is -2.50. The standard InChI is InChI=1S/C22H23F5N4O/c1-2-12-10-29-19-11-30(5-6-31(19)21(12)22(25,26)27)20(32)9-18(28)14-4-3-13-7-16(23)17(24)8-15(13)14/h3-4,7-8,14,18H,2,5-6,9-11,28H2,1H3. The minimum Gasteiger partial charge on any atom is -0.333 e. The van der Waals surface area contributed by atoms with Gasteiger partial charge in [-0.3, -0.25) is 9.79 Å². The Kier molecular flexibility index (Phi) is 5.83. The summed E-state index contributed by atoms with van der Waals surface area (Å²) < 4.78 is 68.0. The maximum Gasteiger partial charge on any atom is 0.431 e. The summed E-state index contributed by atoms with van der Waals surface area (Å²) in [4.78, 5) is 19.7. The van der Waals surface area contributed by atoms with E-state index in [1.807, 2.05) is 0 Å². The number of benzene rings is 1. The van der Waals surface area contributed by atoms with Crippen LogP contribution in [0.2, 0.25) is 0 Å². The number of carbonyl (C=O) groups is 1. The number of aliphatic imine (C=N–C) groups is 1. The average molecular weight is 454 g/mol. The number of fused-ring (bicyclic) bond motifs is 2. The monoisotopic (exact) mass is 454 g/mol. The fourth-order valence-corrected chi connectivity index (χ4v) is 4.51. The summed E-state index contributed by atoms with van der Waals surface area (Å²) in [6, 6.07) is 1.49. The minimum absolute atomic E-state index is 0.00515. The minimum atomic E-state index is -4.49. The highest BCUT2D eigenvalue weighted by molar-refractivity contribution is 5.92. The number of hydrogen-bond acceptors (Lipinski definition) is 4. The molecule has 0 radical (unpaired) electrons. The van der Waals surface area contributed by atoms with Crippen molar-refractivity contribution in [2.45, 2.75) is 37.9 Å². The Hall–Kier alpha value is -2.75. The second-order valence-corrected chi connectivity index (χ2v) is 8.15. The van der Waals surface area contributed by atoms with Crippen LogP contribution in [0.4, 0.5) is 22.0 Å². The fourth-order valence-electron chi connectivity index (χ4n) is 4.51. The molecule has 0 aromatic heterocycles.